The summed E-state index contributed by atoms with van der Waals surface area (Å²) < 4.78 is 11.6. The molecule has 3 heterocycles. The molecule has 1 saturated heterocycles. The minimum absolute atomic E-state index is 0.0878. The molecule has 3 aromatic rings. The van der Waals surface area contributed by atoms with Gasteiger partial charge in [0.05, 0.1) is 37.1 Å². The van der Waals surface area contributed by atoms with E-state index in [9.17, 15) is 19.2 Å². The fraction of sp³-hybridized carbons (Fsp3) is 0.419. The molecule has 1 aromatic carbocycles. The predicted molar refractivity (Wildman–Crippen MR) is 161 cm³/mol. The number of nitrogen functional groups attached to an aromatic ring is 1. The third kappa shape index (κ3) is 7.19. The summed E-state index contributed by atoms with van der Waals surface area (Å²) in [7, 11) is 1.32. The lowest BCUT2D eigenvalue weighted by Gasteiger charge is -2.37. The first-order valence-electron chi connectivity index (χ1n) is 14.1. The van der Waals surface area contributed by atoms with Crippen LogP contribution >= 0.6 is 0 Å². The van der Waals surface area contributed by atoms with Crippen LogP contribution in [0.5, 0.6) is 0 Å². The van der Waals surface area contributed by atoms with Gasteiger partial charge in [-0.2, -0.15) is 0 Å². The molecule has 1 fully saturated rings. The molecule has 12 nitrogen and oxygen atoms in total. The van der Waals surface area contributed by atoms with Gasteiger partial charge in [-0.05, 0) is 82.2 Å². The Morgan fingerprint density at radius 2 is 1.79 bits per heavy atom. The molecule has 228 valence electrons. The number of piperidine rings is 1. The van der Waals surface area contributed by atoms with Crippen molar-refractivity contribution in [3.63, 3.8) is 0 Å². The van der Waals surface area contributed by atoms with Gasteiger partial charge in [-0.3, -0.25) is 23.9 Å². The van der Waals surface area contributed by atoms with Gasteiger partial charge < -0.3 is 25.4 Å². The zero-order valence-corrected chi connectivity index (χ0v) is 25.4. The number of carbonyl (C=O) groups excluding carboxylic acids is 3. The topological polar surface area (TPSA) is 159 Å². The van der Waals surface area contributed by atoms with Gasteiger partial charge in [-0.25, -0.2) is 9.78 Å². The Morgan fingerprint density at radius 3 is 2.44 bits per heavy atom. The van der Waals surface area contributed by atoms with Crippen molar-refractivity contribution in [2.45, 2.75) is 71.9 Å². The van der Waals surface area contributed by atoms with E-state index in [0.717, 1.165) is 30.4 Å². The van der Waals surface area contributed by atoms with Crippen LogP contribution in [-0.2, 0) is 20.7 Å². The third-order valence-corrected chi connectivity index (χ3v) is 7.13. The number of ether oxygens (including phenoxy) is 2. The van der Waals surface area contributed by atoms with Gasteiger partial charge in [0.1, 0.15) is 23.3 Å². The average molecular weight is 591 g/mol. The first-order valence-corrected chi connectivity index (χ1v) is 14.1. The number of esters is 1. The molecule has 0 spiro atoms. The standard InChI is InChI=1S/C31H38N6O6/c1-18-11-20(13-24(38)42-6)12-19(2)26(18)37-17-34-27(32)25(29(37)40)28(39)35-22-14-21(15-33-16-22)23-9-7-8-10-36(23)30(41)43-31(3,4)5/h11-12,14-17,23H,7-10,13,32H2,1-6H3,(H,35,39)/t23-/m1/s1. The summed E-state index contributed by atoms with van der Waals surface area (Å²) in [5.74, 6) is -1.34. The van der Waals surface area contributed by atoms with Crippen molar-refractivity contribution in [1.82, 2.24) is 19.4 Å². The zero-order valence-electron chi connectivity index (χ0n) is 25.4. The monoisotopic (exact) mass is 590 g/mol. The molecule has 0 saturated carbocycles. The van der Waals surface area contributed by atoms with Gasteiger partial charge in [-0.1, -0.05) is 12.1 Å². The number of nitrogens with zero attached hydrogens (tertiary/aromatic N) is 4. The Kier molecular flexibility index (Phi) is 9.17. The molecule has 0 bridgehead atoms. The fourth-order valence-electron chi connectivity index (χ4n) is 5.33. The number of pyridine rings is 1. The number of carbonyl (C=O) groups is 3. The number of methoxy groups -OCH3 is 1. The van der Waals surface area contributed by atoms with Crippen LogP contribution in [0.15, 0.2) is 41.7 Å². The van der Waals surface area contributed by atoms with Crippen LogP contribution in [0.2, 0.25) is 0 Å². The molecule has 3 N–H and O–H groups in total. The van der Waals surface area contributed by atoms with Crippen molar-refractivity contribution in [3.8, 4) is 5.69 Å². The number of anilines is 2. The Labute approximate surface area is 250 Å². The van der Waals surface area contributed by atoms with E-state index >= 15 is 0 Å². The van der Waals surface area contributed by atoms with E-state index in [0.29, 0.717) is 29.0 Å². The number of rotatable bonds is 6. The highest BCUT2D eigenvalue weighted by Gasteiger charge is 2.32. The number of likely N-dealkylation sites (tertiary alicyclic amines) is 1. The van der Waals surface area contributed by atoms with Crippen molar-refractivity contribution >= 4 is 29.5 Å². The molecule has 43 heavy (non-hydrogen) atoms. The molecular formula is C31H38N6O6. The molecule has 1 aliphatic heterocycles. The quantitative estimate of drug-likeness (QED) is 0.400. The second-order valence-electron chi connectivity index (χ2n) is 11.7. The lowest BCUT2D eigenvalue weighted by molar-refractivity contribution is -0.139. The lowest BCUT2D eigenvalue weighted by atomic mass is 9.96. The second kappa shape index (κ2) is 12.6. The minimum atomic E-state index is -0.742. The highest BCUT2D eigenvalue weighted by Crippen LogP contribution is 2.33. The van der Waals surface area contributed by atoms with Gasteiger partial charge in [-0.15, -0.1) is 0 Å². The first-order chi connectivity index (χ1) is 20.3. The Bertz CT molecular complexity index is 1590. The van der Waals surface area contributed by atoms with Crippen LogP contribution in [-0.4, -0.2) is 56.7 Å². The smallest absolute Gasteiger partial charge is 0.410 e. The summed E-state index contributed by atoms with van der Waals surface area (Å²) in [6, 6.07) is 5.02. The molecule has 0 radical (unpaired) electrons. The number of nitrogens with one attached hydrogen (secondary N) is 1. The third-order valence-electron chi connectivity index (χ3n) is 7.13. The minimum Gasteiger partial charge on any atom is -0.469 e. The van der Waals surface area contributed by atoms with E-state index in [4.69, 9.17) is 15.2 Å². The largest absolute Gasteiger partial charge is 0.469 e. The number of aryl methyl sites for hydroxylation is 2. The molecule has 4 rings (SSSR count). The summed E-state index contributed by atoms with van der Waals surface area (Å²) in [6.45, 7) is 9.61. The molecule has 12 heteroatoms. The van der Waals surface area contributed by atoms with Gasteiger partial charge in [0.2, 0.25) is 0 Å². The van der Waals surface area contributed by atoms with Crippen LogP contribution in [0.3, 0.4) is 0 Å². The number of amides is 2. The SMILES string of the molecule is COC(=O)Cc1cc(C)c(-n2cnc(N)c(C(=O)Nc3cncc([C@H]4CCCCN4C(=O)OC(C)(C)C)c3)c2=O)c(C)c1. The van der Waals surface area contributed by atoms with Crippen molar-refractivity contribution in [3.05, 3.63) is 75.1 Å². The number of hydrogen-bond donors (Lipinski definition) is 2. The van der Waals surface area contributed by atoms with Crippen molar-refractivity contribution < 1.29 is 23.9 Å². The Balaban J connectivity index is 1.62. The number of aromatic nitrogens is 3. The number of nitrogens with two attached hydrogens (primary N) is 1. The van der Waals surface area contributed by atoms with E-state index in [1.807, 2.05) is 20.8 Å². The maximum absolute atomic E-state index is 13.6. The summed E-state index contributed by atoms with van der Waals surface area (Å²) in [6.07, 6.45) is 6.58. The van der Waals surface area contributed by atoms with Gasteiger partial charge in [0.15, 0.2) is 0 Å². The van der Waals surface area contributed by atoms with Gasteiger partial charge in [0.25, 0.3) is 11.5 Å². The summed E-state index contributed by atoms with van der Waals surface area (Å²) >= 11 is 0. The summed E-state index contributed by atoms with van der Waals surface area (Å²) in [5.41, 5.74) is 8.18. The molecule has 1 aliphatic rings. The van der Waals surface area contributed by atoms with Gasteiger partial charge >= 0.3 is 12.1 Å². The van der Waals surface area contributed by atoms with E-state index in [-0.39, 0.29) is 29.8 Å². The maximum atomic E-state index is 13.6. The average Bonchev–Trinajstić information content (AvgIpc) is 2.93. The maximum Gasteiger partial charge on any atom is 0.410 e. The Morgan fingerprint density at radius 1 is 1.09 bits per heavy atom. The van der Waals surface area contributed by atoms with Crippen molar-refractivity contribution in [1.29, 1.82) is 0 Å². The number of benzene rings is 1. The van der Waals surface area contributed by atoms with E-state index in [2.05, 4.69) is 15.3 Å². The predicted octanol–water partition coefficient (Wildman–Crippen LogP) is 4.26. The molecule has 1 atom stereocenters. The van der Waals surface area contributed by atoms with E-state index < -0.39 is 23.2 Å². The van der Waals surface area contributed by atoms with E-state index in [1.54, 1.807) is 43.1 Å². The van der Waals surface area contributed by atoms with E-state index in [1.165, 1.54) is 24.2 Å². The molecule has 2 aromatic heterocycles. The lowest BCUT2D eigenvalue weighted by Crippen LogP contribution is -2.41. The van der Waals surface area contributed by atoms with Crippen LogP contribution in [0.25, 0.3) is 5.69 Å². The van der Waals surface area contributed by atoms with Crippen LogP contribution in [0.1, 0.15) is 78.7 Å². The number of hydrogen-bond acceptors (Lipinski definition) is 9. The van der Waals surface area contributed by atoms with Crippen LogP contribution < -0.4 is 16.6 Å². The van der Waals surface area contributed by atoms with Gasteiger partial charge in [0, 0.05) is 12.7 Å². The molecule has 2 amide bonds. The summed E-state index contributed by atoms with van der Waals surface area (Å²) in [5, 5.41) is 2.73. The highest BCUT2D eigenvalue weighted by atomic mass is 16.6. The normalized spacial score (nSPS) is 15.1. The van der Waals surface area contributed by atoms with Crippen LogP contribution in [0, 0.1) is 13.8 Å². The Hall–Kier alpha value is -4.74. The molecule has 0 unspecified atom stereocenters. The zero-order chi connectivity index (χ0) is 31.5. The second-order valence-corrected chi connectivity index (χ2v) is 11.7. The van der Waals surface area contributed by atoms with Crippen molar-refractivity contribution in [2.75, 3.05) is 24.7 Å². The first kappa shape index (κ1) is 31.2. The highest BCUT2D eigenvalue weighted by molar-refractivity contribution is 6.06. The molecular weight excluding hydrogens is 552 g/mol. The van der Waals surface area contributed by atoms with Crippen LogP contribution in [0.4, 0.5) is 16.3 Å². The summed E-state index contributed by atoms with van der Waals surface area (Å²) in [4.78, 5) is 61.8. The van der Waals surface area contributed by atoms with Crippen molar-refractivity contribution in [2.24, 2.45) is 0 Å². The fourth-order valence-corrected chi connectivity index (χ4v) is 5.33. The molecule has 0 aliphatic carbocycles.